The largest absolute Gasteiger partial charge is 0.465 e. The molecule has 1 saturated heterocycles. The zero-order valence-corrected chi connectivity index (χ0v) is 11.6. The lowest BCUT2D eigenvalue weighted by Gasteiger charge is -2.26. The van der Waals surface area contributed by atoms with E-state index in [0.29, 0.717) is 11.4 Å². The van der Waals surface area contributed by atoms with Gasteiger partial charge in [-0.3, -0.25) is 4.79 Å². The van der Waals surface area contributed by atoms with Gasteiger partial charge in [0.2, 0.25) is 5.91 Å². The van der Waals surface area contributed by atoms with E-state index in [4.69, 9.17) is 0 Å². The summed E-state index contributed by atoms with van der Waals surface area (Å²) in [6, 6.07) is 3.27. The van der Waals surface area contributed by atoms with Crippen molar-refractivity contribution in [1.29, 1.82) is 0 Å². The van der Waals surface area contributed by atoms with Gasteiger partial charge in [0.05, 0.1) is 13.7 Å². The third kappa shape index (κ3) is 3.46. The van der Waals surface area contributed by atoms with E-state index in [2.05, 4.69) is 15.0 Å². The first-order valence-corrected chi connectivity index (χ1v) is 6.77. The van der Waals surface area contributed by atoms with Gasteiger partial charge in [-0.15, -0.1) is 0 Å². The minimum atomic E-state index is -0.467. The van der Waals surface area contributed by atoms with Crippen molar-refractivity contribution >= 4 is 17.7 Å². The average Bonchev–Trinajstić information content (AvgIpc) is 2.53. The normalized spacial score (nSPS) is 14.8. The topological polar surface area (TPSA) is 71.5 Å². The molecule has 20 heavy (non-hydrogen) atoms. The number of nitrogens with zero attached hydrogens (tertiary/aromatic N) is 2. The molecule has 0 spiro atoms. The second-order valence-corrected chi connectivity index (χ2v) is 4.69. The Morgan fingerprint density at radius 1 is 1.35 bits per heavy atom. The Bertz CT molecular complexity index is 484. The molecular weight excluding hydrogens is 258 g/mol. The number of hydrogen-bond donors (Lipinski definition) is 1. The quantitative estimate of drug-likeness (QED) is 0.840. The predicted octanol–water partition coefficient (Wildman–Crippen LogP) is 1.29. The van der Waals surface area contributed by atoms with Crippen molar-refractivity contribution in [1.82, 2.24) is 9.88 Å². The number of carbonyl (C=O) groups excluding carboxylic acids is 2. The maximum absolute atomic E-state index is 12.0. The lowest BCUT2D eigenvalue weighted by Crippen LogP contribution is -2.39. The van der Waals surface area contributed by atoms with Crippen molar-refractivity contribution in [2.24, 2.45) is 0 Å². The molecule has 1 N–H and O–H groups in total. The Morgan fingerprint density at radius 3 is 2.80 bits per heavy atom. The van der Waals surface area contributed by atoms with Gasteiger partial charge in [-0.25, -0.2) is 9.78 Å². The van der Waals surface area contributed by atoms with Crippen LogP contribution in [-0.4, -0.2) is 48.5 Å². The Morgan fingerprint density at radius 2 is 2.10 bits per heavy atom. The molecule has 1 amide bonds. The summed E-state index contributed by atoms with van der Waals surface area (Å²) in [6.45, 7) is 1.76. The maximum atomic E-state index is 12.0. The van der Waals surface area contributed by atoms with Gasteiger partial charge < -0.3 is 15.0 Å². The van der Waals surface area contributed by atoms with Crippen LogP contribution < -0.4 is 5.32 Å². The number of anilines is 1. The van der Waals surface area contributed by atoms with Crippen molar-refractivity contribution in [3.05, 3.63) is 23.9 Å². The van der Waals surface area contributed by atoms with Gasteiger partial charge in [-0.2, -0.15) is 0 Å². The van der Waals surface area contributed by atoms with E-state index in [1.165, 1.54) is 13.5 Å². The summed E-state index contributed by atoms with van der Waals surface area (Å²) in [5.74, 6) is -0.0538. The second-order valence-electron chi connectivity index (χ2n) is 4.69. The molecule has 1 aliphatic rings. The highest BCUT2D eigenvalue weighted by Gasteiger charge is 2.18. The molecule has 108 valence electrons. The molecular formula is C14H19N3O3. The van der Waals surface area contributed by atoms with Crippen molar-refractivity contribution in [2.45, 2.75) is 19.3 Å². The third-order valence-electron chi connectivity index (χ3n) is 3.33. The highest BCUT2D eigenvalue weighted by molar-refractivity contribution is 5.95. The van der Waals surface area contributed by atoms with Crippen LogP contribution >= 0.6 is 0 Å². The third-order valence-corrected chi connectivity index (χ3v) is 3.33. The van der Waals surface area contributed by atoms with Gasteiger partial charge in [-0.05, 0) is 31.4 Å². The molecule has 0 unspecified atom stereocenters. The first-order valence-electron chi connectivity index (χ1n) is 6.77. The van der Waals surface area contributed by atoms with Gasteiger partial charge >= 0.3 is 5.97 Å². The number of esters is 1. The summed E-state index contributed by atoms with van der Waals surface area (Å²) >= 11 is 0. The van der Waals surface area contributed by atoms with Crippen LogP contribution in [-0.2, 0) is 9.53 Å². The standard InChI is InChI=1S/C14H19N3O3/c1-20-14(19)11-6-5-7-15-13(11)16-10-12(18)17-8-3-2-4-9-17/h5-7H,2-4,8-10H2,1H3,(H,15,16). The lowest BCUT2D eigenvalue weighted by atomic mass is 10.1. The van der Waals surface area contributed by atoms with Crippen LogP contribution in [0, 0.1) is 0 Å². The number of likely N-dealkylation sites (tertiary alicyclic amines) is 1. The van der Waals surface area contributed by atoms with E-state index in [0.717, 1.165) is 25.9 Å². The highest BCUT2D eigenvalue weighted by atomic mass is 16.5. The molecule has 0 radical (unpaired) electrons. The Hall–Kier alpha value is -2.11. The number of hydrogen-bond acceptors (Lipinski definition) is 5. The number of carbonyl (C=O) groups is 2. The van der Waals surface area contributed by atoms with Crippen molar-refractivity contribution in [3.8, 4) is 0 Å². The number of ether oxygens (including phenoxy) is 1. The summed E-state index contributed by atoms with van der Waals surface area (Å²) in [7, 11) is 1.32. The molecule has 0 aliphatic carbocycles. The number of amides is 1. The monoisotopic (exact) mass is 277 g/mol. The number of aromatic nitrogens is 1. The van der Waals surface area contributed by atoms with Gasteiger partial charge in [0.1, 0.15) is 11.4 Å². The molecule has 1 aliphatic heterocycles. The van der Waals surface area contributed by atoms with Gasteiger partial charge in [0, 0.05) is 19.3 Å². The summed E-state index contributed by atoms with van der Waals surface area (Å²) in [5.41, 5.74) is 0.335. The fourth-order valence-corrected chi connectivity index (χ4v) is 2.24. The van der Waals surface area contributed by atoms with Crippen molar-refractivity contribution in [2.75, 3.05) is 32.1 Å². The van der Waals surface area contributed by atoms with E-state index in [9.17, 15) is 9.59 Å². The Balaban J connectivity index is 1.96. The van der Waals surface area contributed by atoms with E-state index in [1.807, 2.05) is 4.90 Å². The average molecular weight is 277 g/mol. The minimum Gasteiger partial charge on any atom is -0.465 e. The number of pyridine rings is 1. The molecule has 2 rings (SSSR count). The van der Waals surface area contributed by atoms with E-state index < -0.39 is 5.97 Å². The zero-order chi connectivity index (χ0) is 14.4. The highest BCUT2D eigenvalue weighted by Crippen LogP contribution is 2.13. The lowest BCUT2D eigenvalue weighted by molar-refractivity contribution is -0.130. The SMILES string of the molecule is COC(=O)c1cccnc1NCC(=O)N1CCCCC1. The summed E-state index contributed by atoms with van der Waals surface area (Å²) in [5, 5.41) is 2.92. The van der Waals surface area contributed by atoms with Crippen LogP contribution in [0.5, 0.6) is 0 Å². The second kappa shape index (κ2) is 6.88. The van der Waals surface area contributed by atoms with E-state index >= 15 is 0 Å². The van der Waals surface area contributed by atoms with Gasteiger partial charge in [0.15, 0.2) is 0 Å². The van der Waals surface area contributed by atoms with Crippen LogP contribution in [0.2, 0.25) is 0 Å². The molecule has 1 aromatic rings. The van der Waals surface area contributed by atoms with Crippen LogP contribution in [0.15, 0.2) is 18.3 Å². The molecule has 0 bridgehead atoms. The molecule has 1 aromatic heterocycles. The van der Waals surface area contributed by atoms with E-state index in [1.54, 1.807) is 18.3 Å². The maximum Gasteiger partial charge on any atom is 0.341 e. The molecule has 2 heterocycles. The molecule has 6 nitrogen and oxygen atoms in total. The summed E-state index contributed by atoms with van der Waals surface area (Å²) in [4.78, 5) is 29.6. The first kappa shape index (κ1) is 14.3. The number of rotatable bonds is 4. The molecule has 0 aromatic carbocycles. The number of piperidine rings is 1. The smallest absolute Gasteiger partial charge is 0.341 e. The molecule has 1 fully saturated rings. The predicted molar refractivity (Wildman–Crippen MR) is 74.5 cm³/mol. The van der Waals surface area contributed by atoms with Crippen LogP contribution in [0.25, 0.3) is 0 Å². The number of methoxy groups -OCH3 is 1. The summed E-state index contributed by atoms with van der Waals surface area (Å²) < 4.78 is 4.69. The minimum absolute atomic E-state index is 0.0335. The molecule has 0 saturated carbocycles. The van der Waals surface area contributed by atoms with Crippen molar-refractivity contribution < 1.29 is 14.3 Å². The number of nitrogens with one attached hydrogen (secondary N) is 1. The zero-order valence-electron chi connectivity index (χ0n) is 11.6. The summed E-state index contributed by atoms with van der Waals surface area (Å²) in [6.07, 6.45) is 4.87. The van der Waals surface area contributed by atoms with E-state index in [-0.39, 0.29) is 12.5 Å². The van der Waals surface area contributed by atoms with Crippen molar-refractivity contribution in [3.63, 3.8) is 0 Å². The Labute approximate surface area is 118 Å². The van der Waals surface area contributed by atoms with Crippen LogP contribution in [0.1, 0.15) is 29.6 Å². The first-order chi connectivity index (χ1) is 9.72. The fraction of sp³-hybridized carbons (Fsp3) is 0.500. The van der Waals surface area contributed by atoms with Crippen LogP contribution in [0.4, 0.5) is 5.82 Å². The fourth-order valence-electron chi connectivity index (χ4n) is 2.24. The van der Waals surface area contributed by atoms with Crippen LogP contribution in [0.3, 0.4) is 0 Å². The van der Waals surface area contributed by atoms with Gasteiger partial charge in [0.25, 0.3) is 0 Å². The van der Waals surface area contributed by atoms with Gasteiger partial charge in [-0.1, -0.05) is 0 Å². The Kier molecular flexibility index (Phi) is 4.92. The molecule has 6 heteroatoms. The molecule has 0 atom stereocenters.